The Bertz CT molecular complexity index is 1180. The summed E-state index contributed by atoms with van der Waals surface area (Å²) < 4.78 is 33.9. The molecule has 0 aliphatic carbocycles. The number of benzene rings is 2. The van der Waals surface area contributed by atoms with Crippen molar-refractivity contribution in [2.24, 2.45) is 0 Å². The summed E-state index contributed by atoms with van der Waals surface area (Å²) in [7, 11) is -3.66. The minimum Gasteiger partial charge on any atom is -0.383 e. The third kappa shape index (κ3) is 4.87. The van der Waals surface area contributed by atoms with E-state index in [0.717, 1.165) is 12.1 Å². The number of rotatable bonds is 7. The Balaban J connectivity index is 1.46. The van der Waals surface area contributed by atoms with Crippen LogP contribution < -0.4 is 5.73 Å². The van der Waals surface area contributed by atoms with Crippen LogP contribution in [0.1, 0.15) is 18.6 Å². The molecule has 2 N–H and O–H groups in total. The van der Waals surface area contributed by atoms with E-state index in [1.165, 1.54) is 16.4 Å². The number of sulfonamides is 1. The van der Waals surface area contributed by atoms with Crippen LogP contribution in [0.3, 0.4) is 0 Å². The van der Waals surface area contributed by atoms with E-state index < -0.39 is 10.0 Å². The van der Waals surface area contributed by atoms with Gasteiger partial charge in [-0.3, -0.25) is 4.90 Å². The molecule has 1 saturated heterocycles. The molecule has 1 aromatic heterocycles. The zero-order chi connectivity index (χ0) is 22.7. The molecule has 0 radical (unpaired) electrons. The summed E-state index contributed by atoms with van der Waals surface area (Å²) in [6, 6.07) is 14.8. The standard InChI is InChI=1S/C22H26ClN5O3S/c1-2-31-20(16-6-4-3-5-7-16)15-27-10-12-28(13-11-27)32(29,30)17-8-9-19-18(14-17)21(24)26-22(23)25-19/h3-9,14,20H,2,10-13,15H2,1H3,(H2,24,25,26). The number of nitrogens with two attached hydrogens (primary N) is 1. The average molecular weight is 476 g/mol. The van der Waals surface area contributed by atoms with E-state index in [4.69, 9.17) is 22.1 Å². The van der Waals surface area contributed by atoms with Gasteiger partial charge in [0.05, 0.1) is 16.5 Å². The van der Waals surface area contributed by atoms with Crippen molar-refractivity contribution in [2.75, 3.05) is 45.1 Å². The average Bonchev–Trinajstić information content (AvgIpc) is 2.79. The van der Waals surface area contributed by atoms with Crippen molar-refractivity contribution in [3.05, 3.63) is 59.4 Å². The molecule has 10 heteroatoms. The normalized spacial score (nSPS) is 16.9. The predicted octanol–water partition coefficient (Wildman–Crippen LogP) is 2.95. The van der Waals surface area contributed by atoms with Gasteiger partial charge in [0.25, 0.3) is 0 Å². The predicted molar refractivity (Wildman–Crippen MR) is 125 cm³/mol. The first-order chi connectivity index (χ1) is 15.4. The molecule has 8 nitrogen and oxygen atoms in total. The molecule has 2 aromatic carbocycles. The zero-order valence-corrected chi connectivity index (χ0v) is 19.4. The summed E-state index contributed by atoms with van der Waals surface area (Å²) in [5.74, 6) is 0.157. The number of anilines is 1. The largest absolute Gasteiger partial charge is 0.383 e. The summed E-state index contributed by atoms with van der Waals surface area (Å²) in [6.07, 6.45) is -0.0420. The number of ether oxygens (including phenoxy) is 1. The lowest BCUT2D eigenvalue weighted by molar-refractivity contribution is 0.0249. The van der Waals surface area contributed by atoms with Gasteiger partial charge in [0, 0.05) is 44.7 Å². The Morgan fingerprint density at radius 3 is 2.50 bits per heavy atom. The Morgan fingerprint density at radius 2 is 1.81 bits per heavy atom. The molecular weight excluding hydrogens is 450 g/mol. The zero-order valence-electron chi connectivity index (χ0n) is 17.8. The van der Waals surface area contributed by atoms with Crippen molar-refractivity contribution in [2.45, 2.75) is 17.9 Å². The lowest BCUT2D eigenvalue weighted by atomic mass is 10.1. The van der Waals surface area contributed by atoms with Gasteiger partial charge in [0.15, 0.2) is 0 Å². The monoisotopic (exact) mass is 475 g/mol. The summed E-state index contributed by atoms with van der Waals surface area (Å²) in [4.78, 5) is 10.4. The minimum atomic E-state index is -3.66. The van der Waals surface area contributed by atoms with Crippen LogP contribution in [0.15, 0.2) is 53.4 Å². The fourth-order valence-electron chi connectivity index (χ4n) is 3.92. The Kier molecular flexibility index (Phi) is 6.92. The van der Waals surface area contributed by atoms with Crippen LogP contribution >= 0.6 is 11.6 Å². The maximum absolute atomic E-state index is 13.2. The number of hydrogen-bond acceptors (Lipinski definition) is 7. The van der Waals surface area contributed by atoms with Gasteiger partial charge >= 0.3 is 0 Å². The number of piperazine rings is 1. The molecule has 1 aliphatic heterocycles. The molecule has 0 bridgehead atoms. The fraction of sp³-hybridized carbons (Fsp3) is 0.364. The maximum atomic E-state index is 13.2. The third-order valence-electron chi connectivity index (χ3n) is 5.60. The van der Waals surface area contributed by atoms with Gasteiger partial charge in [-0.25, -0.2) is 18.4 Å². The number of aromatic nitrogens is 2. The SMILES string of the molecule is CCOC(CN1CCN(S(=O)(=O)c2ccc3nc(Cl)nc(N)c3c2)CC1)c1ccccc1. The van der Waals surface area contributed by atoms with E-state index in [2.05, 4.69) is 27.0 Å². The molecular formula is C22H26ClN5O3S. The van der Waals surface area contributed by atoms with E-state index in [1.807, 2.05) is 25.1 Å². The van der Waals surface area contributed by atoms with Gasteiger partial charge in [0.1, 0.15) is 5.82 Å². The van der Waals surface area contributed by atoms with Crippen LogP contribution in [0.25, 0.3) is 10.9 Å². The molecule has 0 saturated carbocycles. The van der Waals surface area contributed by atoms with Crippen molar-refractivity contribution in [3.63, 3.8) is 0 Å². The Hall–Kier alpha value is -2.30. The van der Waals surface area contributed by atoms with Crippen molar-refractivity contribution in [1.29, 1.82) is 0 Å². The first-order valence-corrected chi connectivity index (χ1v) is 12.3. The summed E-state index contributed by atoms with van der Waals surface area (Å²) in [5, 5.41) is 0.499. The number of nitrogens with zero attached hydrogens (tertiary/aromatic N) is 4. The molecule has 170 valence electrons. The molecule has 4 rings (SSSR count). The van der Waals surface area contributed by atoms with Crippen LogP contribution in [-0.2, 0) is 14.8 Å². The highest BCUT2D eigenvalue weighted by atomic mass is 35.5. The highest BCUT2D eigenvalue weighted by Crippen LogP contribution is 2.26. The van der Waals surface area contributed by atoms with E-state index >= 15 is 0 Å². The number of hydrogen-bond donors (Lipinski definition) is 1. The van der Waals surface area contributed by atoms with Gasteiger partial charge < -0.3 is 10.5 Å². The topological polar surface area (TPSA) is 102 Å². The van der Waals surface area contributed by atoms with E-state index in [-0.39, 0.29) is 22.1 Å². The summed E-state index contributed by atoms with van der Waals surface area (Å²) in [6.45, 7) is 5.38. The minimum absolute atomic E-state index is 0.0302. The smallest absolute Gasteiger partial charge is 0.243 e. The quantitative estimate of drug-likeness (QED) is 0.524. The van der Waals surface area contributed by atoms with Crippen LogP contribution in [0.5, 0.6) is 0 Å². The number of fused-ring (bicyclic) bond motifs is 1. The molecule has 32 heavy (non-hydrogen) atoms. The van der Waals surface area contributed by atoms with Gasteiger partial charge in [-0.1, -0.05) is 30.3 Å². The van der Waals surface area contributed by atoms with Crippen LogP contribution in [-0.4, -0.2) is 66.9 Å². The number of nitrogen functional groups attached to an aromatic ring is 1. The molecule has 1 atom stereocenters. The highest BCUT2D eigenvalue weighted by molar-refractivity contribution is 7.89. The van der Waals surface area contributed by atoms with Gasteiger partial charge in [-0.15, -0.1) is 0 Å². The lowest BCUT2D eigenvalue weighted by Crippen LogP contribution is -2.49. The van der Waals surface area contributed by atoms with E-state index in [9.17, 15) is 8.42 Å². The lowest BCUT2D eigenvalue weighted by Gasteiger charge is -2.35. The van der Waals surface area contributed by atoms with Gasteiger partial charge in [-0.2, -0.15) is 4.31 Å². The van der Waals surface area contributed by atoms with Crippen molar-refractivity contribution in [3.8, 4) is 0 Å². The molecule has 0 spiro atoms. The third-order valence-corrected chi connectivity index (χ3v) is 7.67. The van der Waals surface area contributed by atoms with Crippen LogP contribution in [0.4, 0.5) is 5.82 Å². The van der Waals surface area contributed by atoms with E-state index in [0.29, 0.717) is 43.7 Å². The Morgan fingerprint density at radius 1 is 1.09 bits per heavy atom. The first kappa shape index (κ1) is 22.9. The van der Waals surface area contributed by atoms with Crippen molar-refractivity contribution >= 4 is 38.3 Å². The highest BCUT2D eigenvalue weighted by Gasteiger charge is 2.30. The molecule has 1 unspecified atom stereocenters. The van der Waals surface area contributed by atoms with Crippen LogP contribution in [0.2, 0.25) is 5.28 Å². The van der Waals surface area contributed by atoms with Gasteiger partial charge in [0.2, 0.25) is 15.3 Å². The summed E-state index contributed by atoms with van der Waals surface area (Å²) in [5.41, 5.74) is 7.56. The Labute approximate surface area is 193 Å². The maximum Gasteiger partial charge on any atom is 0.243 e. The summed E-state index contributed by atoms with van der Waals surface area (Å²) >= 11 is 5.84. The second-order valence-electron chi connectivity index (χ2n) is 7.62. The van der Waals surface area contributed by atoms with Gasteiger partial charge in [-0.05, 0) is 42.3 Å². The first-order valence-electron chi connectivity index (χ1n) is 10.5. The second kappa shape index (κ2) is 9.68. The van der Waals surface area contributed by atoms with Crippen molar-refractivity contribution < 1.29 is 13.2 Å². The van der Waals surface area contributed by atoms with Crippen molar-refractivity contribution in [1.82, 2.24) is 19.2 Å². The van der Waals surface area contributed by atoms with Crippen LogP contribution in [0, 0.1) is 0 Å². The molecule has 1 fully saturated rings. The second-order valence-corrected chi connectivity index (χ2v) is 9.89. The molecule has 2 heterocycles. The molecule has 1 aliphatic rings. The fourth-order valence-corrected chi connectivity index (χ4v) is 5.55. The molecule has 3 aromatic rings. The van der Waals surface area contributed by atoms with E-state index in [1.54, 1.807) is 6.07 Å². The molecule has 0 amide bonds. The number of halogens is 1.